The maximum absolute atomic E-state index is 14.7. The highest BCUT2D eigenvalue weighted by Crippen LogP contribution is 2.55. The van der Waals surface area contributed by atoms with Crippen LogP contribution in [0, 0.1) is 18.2 Å². The van der Waals surface area contributed by atoms with Crippen LogP contribution in [0.1, 0.15) is 100 Å². The van der Waals surface area contributed by atoms with E-state index in [1.807, 2.05) is 79.8 Å². The highest BCUT2D eigenvalue weighted by molar-refractivity contribution is 5.95. The van der Waals surface area contributed by atoms with E-state index in [0.717, 1.165) is 37.4 Å². The van der Waals surface area contributed by atoms with Crippen LogP contribution in [-0.2, 0) is 30.2 Å². The van der Waals surface area contributed by atoms with Gasteiger partial charge in [-0.1, -0.05) is 52.0 Å². The second-order valence-corrected chi connectivity index (χ2v) is 16.7. The van der Waals surface area contributed by atoms with E-state index < -0.39 is 23.4 Å². The average Bonchev–Trinajstić information content (AvgIpc) is 3.27. The normalized spacial score (nSPS) is 15.1. The molecule has 1 spiro atoms. The summed E-state index contributed by atoms with van der Waals surface area (Å²) >= 11 is 0. The van der Waals surface area contributed by atoms with Crippen molar-refractivity contribution >= 4 is 40.8 Å². The van der Waals surface area contributed by atoms with Gasteiger partial charge in [0.2, 0.25) is 12.3 Å². The predicted octanol–water partition coefficient (Wildman–Crippen LogP) is 5.97. The van der Waals surface area contributed by atoms with E-state index >= 15 is 0 Å². The topological polar surface area (TPSA) is 197 Å². The van der Waals surface area contributed by atoms with Crippen molar-refractivity contribution in [3.05, 3.63) is 99.0 Å². The molecule has 16 nitrogen and oxygen atoms in total. The lowest BCUT2D eigenvalue weighted by atomic mass is 9.59. The third-order valence-electron chi connectivity index (χ3n) is 10.9. The summed E-state index contributed by atoms with van der Waals surface area (Å²) in [5.74, 6) is -0.607. The first-order valence-electron chi connectivity index (χ1n) is 22.6. The van der Waals surface area contributed by atoms with Crippen molar-refractivity contribution in [1.29, 1.82) is 0 Å². The lowest BCUT2D eigenvalue weighted by molar-refractivity contribution is -0.164. The van der Waals surface area contributed by atoms with E-state index in [-0.39, 0.29) is 23.6 Å². The van der Waals surface area contributed by atoms with E-state index in [1.165, 1.54) is 17.7 Å². The minimum absolute atomic E-state index is 0.0361. The number of anilines is 1. The number of rotatable bonds is 14. The summed E-state index contributed by atoms with van der Waals surface area (Å²) in [6, 6.07) is 13.5. The zero-order valence-electron chi connectivity index (χ0n) is 39.2. The van der Waals surface area contributed by atoms with Gasteiger partial charge in [-0.15, -0.1) is 0 Å². The van der Waals surface area contributed by atoms with Crippen molar-refractivity contribution in [3.8, 4) is 0 Å². The minimum atomic E-state index is -0.616. The summed E-state index contributed by atoms with van der Waals surface area (Å²) in [6.45, 7) is 20.4. The zero-order chi connectivity index (χ0) is 47.6. The molecule has 4 heterocycles. The molecule has 0 radical (unpaired) electrons. The van der Waals surface area contributed by atoms with Gasteiger partial charge in [0, 0.05) is 62.7 Å². The van der Waals surface area contributed by atoms with E-state index in [2.05, 4.69) is 31.1 Å². The molecule has 4 amide bonds. The van der Waals surface area contributed by atoms with Crippen molar-refractivity contribution < 1.29 is 37.8 Å². The van der Waals surface area contributed by atoms with Crippen LogP contribution in [0.5, 0.6) is 0 Å². The Labute approximate surface area is 381 Å². The molecule has 4 N–H and O–H groups in total. The first-order valence-corrected chi connectivity index (χ1v) is 22.6. The van der Waals surface area contributed by atoms with Gasteiger partial charge >= 0.3 is 6.09 Å². The summed E-state index contributed by atoms with van der Waals surface area (Å²) in [7, 11) is 0. The van der Waals surface area contributed by atoms with Crippen molar-refractivity contribution in [2.24, 2.45) is 5.41 Å². The average molecular weight is 903 g/mol. The molecule has 0 atom stereocenters. The second kappa shape index (κ2) is 25.1. The van der Waals surface area contributed by atoms with Crippen LogP contribution in [0.2, 0.25) is 0 Å². The van der Waals surface area contributed by atoms with Gasteiger partial charge in [0.05, 0.1) is 61.0 Å². The Morgan fingerprint density at radius 1 is 0.954 bits per heavy atom. The van der Waals surface area contributed by atoms with Crippen LogP contribution in [0.15, 0.2) is 59.5 Å². The Kier molecular flexibility index (Phi) is 20.0. The third-order valence-corrected chi connectivity index (χ3v) is 10.9. The largest absolute Gasteiger partial charge is 0.444 e. The molecule has 65 heavy (non-hydrogen) atoms. The number of benzene rings is 2. The fraction of sp³-hybridized carbons (Fsp3) is 0.521. The van der Waals surface area contributed by atoms with Crippen LogP contribution in [0.4, 0.5) is 14.9 Å². The number of aromatic amines is 1. The number of nitrogens with zero attached hydrogens (tertiary/aromatic N) is 4. The van der Waals surface area contributed by atoms with Crippen LogP contribution in [-0.4, -0.2) is 127 Å². The zero-order valence-corrected chi connectivity index (χ0v) is 39.2. The number of hydrogen-bond acceptors (Lipinski definition) is 11. The molecule has 3 aliphatic rings. The van der Waals surface area contributed by atoms with Crippen LogP contribution in [0.3, 0.4) is 0 Å². The molecule has 2 saturated heterocycles. The number of ether oxygens (including phenoxy) is 3. The summed E-state index contributed by atoms with van der Waals surface area (Å²) in [4.78, 5) is 67.5. The molecule has 2 aromatic heterocycles. The maximum atomic E-state index is 14.7. The van der Waals surface area contributed by atoms with Crippen LogP contribution < -0.4 is 21.5 Å². The third kappa shape index (κ3) is 14.9. The summed E-state index contributed by atoms with van der Waals surface area (Å²) in [6.07, 6.45) is 4.72. The number of carbonyl (C=O) groups is 4. The van der Waals surface area contributed by atoms with Crippen LogP contribution in [0.25, 0.3) is 10.8 Å². The Morgan fingerprint density at radius 2 is 1.62 bits per heavy atom. The number of carbonyl (C=O) groups excluding carboxylic acids is 4. The number of pyridine rings is 1. The number of piperazine rings is 1. The number of nitrogens with one attached hydrogen (secondary N) is 4. The van der Waals surface area contributed by atoms with Crippen molar-refractivity contribution in [3.63, 3.8) is 0 Å². The molecule has 0 bridgehead atoms. The number of fused-ring (bicyclic) bond motifs is 1. The van der Waals surface area contributed by atoms with Gasteiger partial charge in [0.15, 0.2) is 0 Å². The van der Waals surface area contributed by atoms with Gasteiger partial charge in [-0.25, -0.2) is 14.3 Å². The fourth-order valence-corrected chi connectivity index (χ4v) is 7.58. The monoisotopic (exact) mass is 903 g/mol. The summed E-state index contributed by atoms with van der Waals surface area (Å²) in [5.41, 5.74) is 3.63. The lowest BCUT2D eigenvalue weighted by Gasteiger charge is -2.53. The molecular formula is C48H67FN8O8. The molecule has 0 unspecified atom stereocenters. The first kappa shape index (κ1) is 51.9. The standard InChI is InChI=1S/C27H31FN6O5.C17H24N2O3.2C2H6/c28-23-6-5-19(16-24-20-3-1-2-4-21(20)26(37)32-31-24)15-22(23)27(38)34-11-9-33(10-12-34)25(36)17-29-7-13-39-14-8-30-18-35;1-11-14(19-15(20)22-16(2,3)4)5-12(8-18-11)13-6-17(7-13)9-21-10-17;2*1-2/h1-6,15,18,29H,7-14,16-17H2,(H,30,35)(H,32,37);5,8,13H,6-7,9-10H2,1-4H3,(H,19,20);2*1-2H3. The predicted molar refractivity (Wildman–Crippen MR) is 249 cm³/mol. The van der Waals surface area contributed by atoms with Gasteiger partial charge < -0.3 is 34.6 Å². The molecule has 3 fully saturated rings. The molecular weight excluding hydrogens is 836 g/mol. The van der Waals surface area contributed by atoms with Gasteiger partial charge in [-0.3, -0.25) is 29.5 Å². The van der Waals surface area contributed by atoms with Gasteiger partial charge in [0.25, 0.3) is 11.5 Å². The number of amides is 4. The minimum Gasteiger partial charge on any atom is -0.444 e. The number of hydrogen-bond donors (Lipinski definition) is 4. The summed E-state index contributed by atoms with van der Waals surface area (Å²) in [5, 5.41) is 16.2. The smallest absolute Gasteiger partial charge is 0.412 e. The number of halogens is 1. The Morgan fingerprint density at radius 3 is 2.26 bits per heavy atom. The quantitative estimate of drug-likeness (QED) is 0.0860. The Hall–Kier alpha value is -5.78. The lowest BCUT2D eigenvalue weighted by Crippen LogP contribution is -2.52. The highest BCUT2D eigenvalue weighted by atomic mass is 19.1. The Bertz CT molecular complexity index is 2240. The molecule has 1 saturated carbocycles. The van der Waals surface area contributed by atoms with E-state index in [0.29, 0.717) is 98.7 Å². The van der Waals surface area contributed by atoms with E-state index in [4.69, 9.17) is 14.2 Å². The summed E-state index contributed by atoms with van der Waals surface area (Å²) < 4.78 is 30.6. The molecule has 17 heteroatoms. The van der Waals surface area contributed by atoms with E-state index in [1.54, 1.807) is 28.0 Å². The molecule has 7 rings (SSSR count). The van der Waals surface area contributed by atoms with Crippen molar-refractivity contribution in [2.45, 2.75) is 86.2 Å². The molecule has 2 aliphatic heterocycles. The Balaban J connectivity index is 0.000000300. The van der Waals surface area contributed by atoms with Gasteiger partial charge in [0.1, 0.15) is 11.4 Å². The number of aryl methyl sites for hydroxylation is 1. The molecule has 1 aliphatic carbocycles. The van der Waals surface area contributed by atoms with Crippen LogP contribution >= 0.6 is 0 Å². The number of H-pyrrole nitrogens is 1. The highest BCUT2D eigenvalue weighted by Gasteiger charge is 2.50. The van der Waals surface area contributed by atoms with Gasteiger partial charge in [-0.2, -0.15) is 5.10 Å². The molecule has 2 aromatic carbocycles. The molecule has 354 valence electrons. The van der Waals surface area contributed by atoms with Crippen molar-refractivity contribution in [2.75, 3.05) is 77.6 Å². The number of aromatic nitrogens is 3. The molecule has 4 aromatic rings. The second-order valence-electron chi connectivity index (χ2n) is 16.7. The SMILES string of the molecule is CC.CC.Cc1ncc(C2CC3(COC3)C2)cc1NC(=O)OC(C)(C)C.O=CNCCOCCNCC(=O)N1CCN(C(=O)c2cc(Cc3n[nH]c(=O)c4ccccc34)ccc2F)CC1. The van der Waals surface area contributed by atoms with E-state index in [9.17, 15) is 28.4 Å². The van der Waals surface area contributed by atoms with Gasteiger partial charge in [-0.05, 0) is 81.8 Å². The first-order chi connectivity index (χ1) is 31.2. The van der Waals surface area contributed by atoms with Crippen molar-refractivity contribution in [1.82, 2.24) is 35.6 Å². The maximum Gasteiger partial charge on any atom is 0.412 e. The fourth-order valence-electron chi connectivity index (χ4n) is 7.58.